The maximum Gasteiger partial charge on any atom is 0.254 e. The largest absolute Gasteiger partial charge is 0.341 e. The summed E-state index contributed by atoms with van der Waals surface area (Å²) in [6, 6.07) is 15.9. The van der Waals surface area contributed by atoms with Gasteiger partial charge in [-0.05, 0) is 12.5 Å². The highest BCUT2D eigenvalue weighted by Gasteiger charge is 2.25. The van der Waals surface area contributed by atoms with Gasteiger partial charge in [0, 0.05) is 44.2 Å². The first-order chi connectivity index (χ1) is 12.6. The molecule has 5 heteroatoms. The van der Waals surface area contributed by atoms with Crippen LogP contribution in [0.15, 0.2) is 54.6 Å². The summed E-state index contributed by atoms with van der Waals surface area (Å²) in [4.78, 5) is 41.0. The summed E-state index contributed by atoms with van der Waals surface area (Å²) in [5.41, 5.74) is 1.39. The highest BCUT2D eigenvalue weighted by molar-refractivity contribution is 6.15. The van der Waals surface area contributed by atoms with Crippen LogP contribution in [0.2, 0.25) is 0 Å². The number of amides is 2. The van der Waals surface area contributed by atoms with Gasteiger partial charge in [0.15, 0.2) is 5.78 Å². The lowest BCUT2D eigenvalue weighted by atomic mass is 9.97. The van der Waals surface area contributed by atoms with Gasteiger partial charge in [-0.1, -0.05) is 48.5 Å². The van der Waals surface area contributed by atoms with E-state index in [1.165, 1.54) is 0 Å². The fourth-order valence-corrected chi connectivity index (χ4v) is 3.22. The summed E-state index contributed by atoms with van der Waals surface area (Å²) in [5, 5.41) is 0. The van der Waals surface area contributed by atoms with Crippen molar-refractivity contribution in [3.05, 3.63) is 71.3 Å². The van der Waals surface area contributed by atoms with Crippen LogP contribution in [0.4, 0.5) is 0 Å². The van der Waals surface area contributed by atoms with Crippen LogP contribution in [0.25, 0.3) is 0 Å². The van der Waals surface area contributed by atoms with Crippen molar-refractivity contribution in [3.8, 4) is 0 Å². The van der Waals surface area contributed by atoms with Gasteiger partial charge in [0.1, 0.15) is 0 Å². The fraction of sp³-hybridized carbons (Fsp3) is 0.286. The van der Waals surface area contributed by atoms with Gasteiger partial charge < -0.3 is 9.80 Å². The second kappa shape index (κ2) is 7.95. The molecule has 1 aliphatic heterocycles. The molecule has 5 nitrogen and oxygen atoms in total. The topological polar surface area (TPSA) is 57.7 Å². The number of carbonyl (C=O) groups is 3. The van der Waals surface area contributed by atoms with E-state index in [1.54, 1.807) is 53.1 Å². The standard InChI is InChI=1S/C21H22N2O3/c1-16(24)22-12-7-13-23(15-14-22)21(26)19-11-6-5-10-18(19)20(25)17-8-3-2-4-9-17/h2-6,8-11H,7,12-15H2,1H3. The Kier molecular flexibility index (Phi) is 5.46. The van der Waals surface area contributed by atoms with E-state index in [9.17, 15) is 14.4 Å². The zero-order chi connectivity index (χ0) is 18.5. The average Bonchev–Trinajstić information content (AvgIpc) is 2.94. The molecule has 134 valence electrons. The maximum absolute atomic E-state index is 13.1. The van der Waals surface area contributed by atoms with Crippen molar-refractivity contribution in [1.29, 1.82) is 0 Å². The number of benzene rings is 2. The Hall–Kier alpha value is -2.95. The lowest BCUT2D eigenvalue weighted by molar-refractivity contribution is -0.128. The summed E-state index contributed by atoms with van der Waals surface area (Å²) >= 11 is 0. The van der Waals surface area contributed by atoms with Gasteiger partial charge in [-0.25, -0.2) is 0 Å². The van der Waals surface area contributed by atoms with E-state index in [4.69, 9.17) is 0 Å². The van der Waals surface area contributed by atoms with Gasteiger partial charge in [0.2, 0.25) is 5.91 Å². The molecule has 0 unspecified atom stereocenters. The summed E-state index contributed by atoms with van der Waals surface area (Å²) < 4.78 is 0. The van der Waals surface area contributed by atoms with Crippen molar-refractivity contribution < 1.29 is 14.4 Å². The normalized spacial score (nSPS) is 14.7. The molecular weight excluding hydrogens is 328 g/mol. The van der Waals surface area contributed by atoms with Crippen LogP contribution in [0.1, 0.15) is 39.6 Å². The van der Waals surface area contributed by atoms with Crippen molar-refractivity contribution in [2.45, 2.75) is 13.3 Å². The molecular formula is C21H22N2O3. The molecule has 2 aromatic rings. The molecule has 2 aromatic carbocycles. The first-order valence-electron chi connectivity index (χ1n) is 8.81. The average molecular weight is 350 g/mol. The molecule has 0 aromatic heterocycles. The van der Waals surface area contributed by atoms with Crippen LogP contribution in [0.3, 0.4) is 0 Å². The Labute approximate surface area is 153 Å². The molecule has 0 saturated carbocycles. The van der Waals surface area contributed by atoms with E-state index >= 15 is 0 Å². The molecule has 26 heavy (non-hydrogen) atoms. The smallest absolute Gasteiger partial charge is 0.254 e. The van der Waals surface area contributed by atoms with Crippen LogP contribution in [0.5, 0.6) is 0 Å². The lowest BCUT2D eigenvalue weighted by Gasteiger charge is -2.22. The molecule has 0 aliphatic carbocycles. The van der Waals surface area contributed by atoms with E-state index < -0.39 is 0 Å². The van der Waals surface area contributed by atoms with Crippen LogP contribution in [-0.4, -0.2) is 53.6 Å². The Morgan fingerprint density at radius 1 is 0.731 bits per heavy atom. The first-order valence-corrected chi connectivity index (χ1v) is 8.81. The van der Waals surface area contributed by atoms with Crippen LogP contribution in [-0.2, 0) is 4.79 Å². The summed E-state index contributed by atoms with van der Waals surface area (Å²) in [6.07, 6.45) is 0.736. The SMILES string of the molecule is CC(=O)N1CCCN(C(=O)c2ccccc2C(=O)c2ccccc2)CC1. The molecule has 3 rings (SSSR count). The van der Waals surface area contributed by atoms with Crippen molar-refractivity contribution in [1.82, 2.24) is 9.80 Å². The Bertz CT molecular complexity index is 817. The highest BCUT2D eigenvalue weighted by Crippen LogP contribution is 2.18. The van der Waals surface area contributed by atoms with Crippen LogP contribution in [0, 0.1) is 0 Å². The third kappa shape index (κ3) is 3.82. The third-order valence-corrected chi connectivity index (χ3v) is 4.67. The number of nitrogens with zero attached hydrogens (tertiary/aromatic N) is 2. The molecule has 0 bridgehead atoms. The maximum atomic E-state index is 13.1. The van der Waals surface area contributed by atoms with Crippen molar-refractivity contribution >= 4 is 17.6 Å². The number of rotatable bonds is 3. The third-order valence-electron chi connectivity index (χ3n) is 4.67. The molecule has 1 aliphatic rings. The van der Waals surface area contributed by atoms with Crippen molar-refractivity contribution in [2.75, 3.05) is 26.2 Å². The Morgan fingerprint density at radius 3 is 2.00 bits per heavy atom. The molecule has 1 saturated heterocycles. The number of ketones is 1. The van der Waals surface area contributed by atoms with Gasteiger partial charge >= 0.3 is 0 Å². The molecule has 0 spiro atoms. The molecule has 0 N–H and O–H groups in total. The molecule has 1 heterocycles. The Morgan fingerprint density at radius 2 is 1.31 bits per heavy atom. The van der Waals surface area contributed by atoms with Crippen molar-refractivity contribution in [2.24, 2.45) is 0 Å². The molecule has 1 fully saturated rings. The Balaban J connectivity index is 1.84. The van der Waals surface area contributed by atoms with Gasteiger partial charge in [0.25, 0.3) is 5.91 Å². The number of hydrogen-bond donors (Lipinski definition) is 0. The number of hydrogen-bond acceptors (Lipinski definition) is 3. The first kappa shape index (κ1) is 17.9. The van der Waals surface area contributed by atoms with E-state index in [-0.39, 0.29) is 17.6 Å². The second-order valence-electron chi connectivity index (χ2n) is 6.39. The van der Waals surface area contributed by atoms with E-state index in [2.05, 4.69) is 0 Å². The van der Waals surface area contributed by atoms with Gasteiger partial charge in [0.05, 0.1) is 5.56 Å². The van der Waals surface area contributed by atoms with Crippen LogP contribution >= 0.6 is 0 Å². The highest BCUT2D eigenvalue weighted by atomic mass is 16.2. The summed E-state index contributed by atoms with van der Waals surface area (Å²) in [5.74, 6) is -0.288. The quantitative estimate of drug-likeness (QED) is 0.800. The molecule has 2 amide bonds. The predicted molar refractivity (Wildman–Crippen MR) is 99.1 cm³/mol. The van der Waals surface area contributed by atoms with Gasteiger partial charge in [-0.3, -0.25) is 14.4 Å². The van der Waals surface area contributed by atoms with E-state index in [0.29, 0.717) is 42.9 Å². The van der Waals surface area contributed by atoms with Crippen LogP contribution < -0.4 is 0 Å². The van der Waals surface area contributed by atoms with Gasteiger partial charge in [-0.15, -0.1) is 0 Å². The zero-order valence-electron chi connectivity index (χ0n) is 14.9. The predicted octanol–water partition coefficient (Wildman–Crippen LogP) is 2.61. The van der Waals surface area contributed by atoms with E-state index in [0.717, 1.165) is 6.42 Å². The monoisotopic (exact) mass is 350 g/mol. The summed E-state index contributed by atoms with van der Waals surface area (Å²) in [7, 11) is 0. The minimum absolute atomic E-state index is 0.0268. The fourth-order valence-electron chi connectivity index (χ4n) is 3.22. The summed E-state index contributed by atoms with van der Waals surface area (Å²) in [6.45, 7) is 3.79. The second-order valence-corrected chi connectivity index (χ2v) is 6.39. The van der Waals surface area contributed by atoms with Crippen molar-refractivity contribution in [3.63, 3.8) is 0 Å². The zero-order valence-corrected chi connectivity index (χ0v) is 14.9. The lowest BCUT2D eigenvalue weighted by Crippen LogP contribution is -2.37. The minimum atomic E-state index is -0.158. The number of carbonyl (C=O) groups excluding carboxylic acids is 3. The molecule has 0 radical (unpaired) electrons. The minimum Gasteiger partial charge on any atom is -0.341 e. The molecule has 0 atom stereocenters. The van der Waals surface area contributed by atoms with E-state index in [1.807, 2.05) is 18.2 Å². The van der Waals surface area contributed by atoms with Gasteiger partial charge in [-0.2, -0.15) is 0 Å².